The maximum absolute atomic E-state index is 13.1. The molecule has 1 atom stereocenters. The van der Waals surface area contributed by atoms with Crippen LogP contribution in [0.25, 0.3) is 0 Å². The molecule has 4 aromatic carbocycles. The highest BCUT2D eigenvalue weighted by atomic mass is 35.5. The normalized spacial score (nSPS) is 11.9. The average molecular weight is 548 g/mol. The SMILES string of the molecule is Cc1cccc(NS(=O)(=O)c2cc(C(=O)Nc3ccccc3C(=O)NC(C)c3ccccc3)ccc2Cl)c1. The molecular weight excluding hydrogens is 522 g/mol. The van der Waals surface area contributed by atoms with Crippen LogP contribution >= 0.6 is 11.6 Å². The number of anilines is 2. The van der Waals surface area contributed by atoms with Crippen molar-refractivity contribution >= 4 is 44.8 Å². The van der Waals surface area contributed by atoms with Crippen molar-refractivity contribution < 1.29 is 18.0 Å². The number of hydrogen-bond donors (Lipinski definition) is 3. The summed E-state index contributed by atoms with van der Waals surface area (Å²) in [5, 5.41) is 5.62. The van der Waals surface area contributed by atoms with Crippen LogP contribution in [-0.4, -0.2) is 20.2 Å². The lowest BCUT2D eigenvalue weighted by molar-refractivity contribution is 0.0940. The predicted molar refractivity (Wildman–Crippen MR) is 150 cm³/mol. The number of sulfonamides is 1. The van der Waals surface area contributed by atoms with Crippen molar-refractivity contribution in [2.75, 3.05) is 10.0 Å². The molecule has 0 heterocycles. The highest BCUT2D eigenvalue weighted by molar-refractivity contribution is 7.92. The zero-order chi connectivity index (χ0) is 27.3. The fraction of sp³-hybridized carbons (Fsp3) is 0.103. The molecule has 1 unspecified atom stereocenters. The van der Waals surface area contributed by atoms with Crippen molar-refractivity contribution in [2.24, 2.45) is 0 Å². The largest absolute Gasteiger partial charge is 0.345 e. The molecule has 0 saturated heterocycles. The van der Waals surface area contributed by atoms with Gasteiger partial charge in [0, 0.05) is 11.3 Å². The summed E-state index contributed by atoms with van der Waals surface area (Å²) in [6.45, 7) is 3.71. The third-order valence-corrected chi connectivity index (χ3v) is 7.68. The van der Waals surface area contributed by atoms with Gasteiger partial charge in [0.05, 0.1) is 22.3 Å². The van der Waals surface area contributed by atoms with Crippen molar-refractivity contribution in [1.82, 2.24) is 5.32 Å². The van der Waals surface area contributed by atoms with Crippen molar-refractivity contribution in [3.63, 3.8) is 0 Å². The second-order valence-electron chi connectivity index (χ2n) is 8.73. The molecule has 0 radical (unpaired) electrons. The molecule has 7 nitrogen and oxygen atoms in total. The fourth-order valence-electron chi connectivity index (χ4n) is 3.85. The van der Waals surface area contributed by atoms with Crippen LogP contribution in [0.15, 0.2) is 102 Å². The molecule has 0 aliphatic carbocycles. The summed E-state index contributed by atoms with van der Waals surface area (Å²) < 4.78 is 28.6. The standard InChI is InChI=1S/C29H26ClN3O4S/c1-19-9-8-12-23(17-19)33-38(36,37)27-18-22(15-16-25(27)30)28(34)32-26-14-7-6-13-24(26)29(35)31-20(2)21-10-4-3-5-11-21/h3-18,20,33H,1-2H3,(H,31,35)(H,32,34). The molecule has 9 heteroatoms. The van der Waals surface area contributed by atoms with Crippen LogP contribution in [0.1, 0.15) is 44.8 Å². The number of para-hydroxylation sites is 1. The molecule has 0 spiro atoms. The van der Waals surface area contributed by atoms with Crippen molar-refractivity contribution in [3.8, 4) is 0 Å². The molecule has 2 amide bonds. The van der Waals surface area contributed by atoms with E-state index in [4.69, 9.17) is 11.6 Å². The van der Waals surface area contributed by atoms with Crippen molar-refractivity contribution in [3.05, 3.63) is 124 Å². The summed E-state index contributed by atoms with van der Waals surface area (Å²) in [6.07, 6.45) is 0. The Bertz CT molecular complexity index is 1590. The van der Waals surface area contributed by atoms with Gasteiger partial charge in [0.2, 0.25) is 0 Å². The maximum atomic E-state index is 13.1. The molecule has 38 heavy (non-hydrogen) atoms. The van der Waals surface area contributed by atoms with E-state index in [1.807, 2.05) is 50.2 Å². The second kappa shape index (κ2) is 11.5. The first-order valence-electron chi connectivity index (χ1n) is 11.8. The molecule has 4 rings (SSSR count). The van der Waals surface area contributed by atoms with E-state index in [9.17, 15) is 18.0 Å². The van der Waals surface area contributed by atoms with E-state index in [1.54, 1.807) is 42.5 Å². The quantitative estimate of drug-likeness (QED) is 0.244. The van der Waals surface area contributed by atoms with Gasteiger partial charge in [-0.1, -0.05) is 66.2 Å². The van der Waals surface area contributed by atoms with Gasteiger partial charge in [0.1, 0.15) is 4.90 Å². The summed E-state index contributed by atoms with van der Waals surface area (Å²) in [6, 6.07) is 26.7. The lowest BCUT2D eigenvalue weighted by Crippen LogP contribution is -2.28. The lowest BCUT2D eigenvalue weighted by Gasteiger charge is -2.16. The predicted octanol–water partition coefficient (Wildman–Crippen LogP) is 6.19. The van der Waals surface area contributed by atoms with Crippen molar-refractivity contribution in [2.45, 2.75) is 24.8 Å². The summed E-state index contributed by atoms with van der Waals surface area (Å²) in [5.74, 6) is -0.955. The van der Waals surface area contributed by atoms with Crippen LogP contribution in [0.4, 0.5) is 11.4 Å². The number of nitrogens with one attached hydrogen (secondary N) is 3. The van der Waals surface area contributed by atoms with Gasteiger partial charge in [-0.25, -0.2) is 8.42 Å². The number of carbonyl (C=O) groups excluding carboxylic acids is 2. The first kappa shape index (κ1) is 26.9. The first-order chi connectivity index (χ1) is 18.1. The second-order valence-corrected chi connectivity index (χ2v) is 10.8. The van der Waals surface area contributed by atoms with Gasteiger partial charge in [-0.15, -0.1) is 0 Å². The van der Waals surface area contributed by atoms with Gasteiger partial charge in [0.25, 0.3) is 21.8 Å². The maximum Gasteiger partial charge on any atom is 0.263 e. The van der Waals surface area contributed by atoms with Gasteiger partial charge in [0.15, 0.2) is 0 Å². The minimum atomic E-state index is -4.08. The topological polar surface area (TPSA) is 104 Å². The molecule has 0 aliphatic rings. The molecular formula is C29H26ClN3O4S. The van der Waals surface area contributed by atoms with E-state index >= 15 is 0 Å². The smallest absolute Gasteiger partial charge is 0.263 e. The van der Waals surface area contributed by atoms with Crippen molar-refractivity contribution in [1.29, 1.82) is 0 Å². The minimum absolute atomic E-state index is 0.0311. The third kappa shape index (κ3) is 6.40. The van der Waals surface area contributed by atoms with E-state index in [-0.39, 0.29) is 38.7 Å². The number of hydrogen-bond acceptors (Lipinski definition) is 4. The molecule has 3 N–H and O–H groups in total. The van der Waals surface area contributed by atoms with E-state index in [1.165, 1.54) is 18.2 Å². The molecule has 0 saturated carbocycles. The summed E-state index contributed by atoms with van der Waals surface area (Å²) in [5.41, 5.74) is 2.81. The number of benzene rings is 4. The highest BCUT2D eigenvalue weighted by Gasteiger charge is 2.22. The number of rotatable bonds is 8. The van der Waals surface area contributed by atoms with Crippen LogP contribution in [0, 0.1) is 6.92 Å². The minimum Gasteiger partial charge on any atom is -0.345 e. The van der Waals surface area contributed by atoms with E-state index in [0.29, 0.717) is 5.69 Å². The highest BCUT2D eigenvalue weighted by Crippen LogP contribution is 2.26. The van der Waals surface area contributed by atoms with Gasteiger partial charge >= 0.3 is 0 Å². The monoisotopic (exact) mass is 547 g/mol. The number of halogens is 1. The van der Waals surface area contributed by atoms with E-state index in [2.05, 4.69) is 15.4 Å². The fourth-order valence-corrected chi connectivity index (χ4v) is 5.43. The number of aryl methyl sites for hydroxylation is 1. The lowest BCUT2D eigenvalue weighted by atomic mass is 10.1. The zero-order valence-electron chi connectivity index (χ0n) is 20.7. The Morgan fingerprint density at radius 2 is 1.53 bits per heavy atom. The van der Waals surface area contributed by atoms with Crippen LogP contribution in [0.2, 0.25) is 5.02 Å². The Labute approximate surface area is 226 Å². The first-order valence-corrected chi connectivity index (χ1v) is 13.7. The Kier molecular flexibility index (Phi) is 8.14. The molecule has 0 bridgehead atoms. The van der Waals surface area contributed by atoms with Crippen LogP contribution in [-0.2, 0) is 10.0 Å². The number of carbonyl (C=O) groups is 2. The summed E-state index contributed by atoms with van der Waals surface area (Å²) >= 11 is 6.21. The Morgan fingerprint density at radius 1 is 0.816 bits per heavy atom. The molecule has 0 fully saturated rings. The van der Waals surface area contributed by atoms with E-state index in [0.717, 1.165) is 11.1 Å². The molecule has 0 aromatic heterocycles. The summed E-state index contributed by atoms with van der Waals surface area (Å²) in [4.78, 5) is 25.9. The molecule has 4 aromatic rings. The Balaban J connectivity index is 1.55. The zero-order valence-corrected chi connectivity index (χ0v) is 22.3. The van der Waals surface area contributed by atoms with Gasteiger partial charge in [-0.05, 0) is 67.4 Å². The number of amides is 2. The van der Waals surface area contributed by atoms with Gasteiger partial charge < -0.3 is 10.6 Å². The van der Waals surface area contributed by atoms with Gasteiger partial charge in [-0.2, -0.15) is 0 Å². The van der Waals surface area contributed by atoms with Crippen LogP contribution < -0.4 is 15.4 Å². The average Bonchev–Trinajstić information content (AvgIpc) is 2.89. The van der Waals surface area contributed by atoms with Crippen LogP contribution in [0.5, 0.6) is 0 Å². The third-order valence-electron chi connectivity index (χ3n) is 5.82. The van der Waals surface area contributed by atoms with E-state index < -0.39 is 15.9 Å². The van der Waals surface area contributed by atoms with Gasteiger partial charge in [-0.3, -0.25) is 14.3 Å². The Hall–Kier alpha value is -4.14. The Morgan fingerprint density at radius 3 is 2.26 bits per heavy atom. The molecule has 0 aliphatic heterocycles. The molecule has 194 valence electrons. The summed E-state index contributed by atoms with van der Waals surface area (Å²) in [7, 11) is -4.08. The van der Waals surface area contributed by atoms with Crippen LogP contribution in [0.3, 0.4) is 0 Å².